The smallest absolute Gasteiger partial charge is 0.264 e. The molecule has 0 atom stereocenters. The van der Waals surface area contributed by atoms with Gasteiger partial charge in [-0.3, -0.25) is 9.59 Å². The van der Waals surface area contributed by atoms with Crippen LogP contribution < -0.4 is 15.0 Å². The molecule has 1 aromatic heterocycles. The Hall–Kier alpha value is -3.03. The summed E-state index contributed by atoms with van der Waals surface area (Å²) in [5.74, 6) is 0.393. The van der Waals surface area contributed by atoms with E-state index in [0.717, 1.165) is 23.7 Å². The highest BCUT2D eigenvalue weighted by molar-refractivity contribution is 7.12. The van der Waals surface area contributed by atoms with E-state index in [9.17, 15) is 9.59 Å². The molecule has 0 saturated carbocycles. The van der Waals surface area contributed by atoms with Crippen molar-refractivity contribution in [2.24, 2.45) is 0 Å². The lowest BCUT2D eigenvalue weighted by molar-refractivity contribution is 0.0751. The van der Waals surface area contributed by atoms with Crippen LogP contribution in [-0.2, 0) is 0 Å². The molecule has 0 bridgehead atoms. The molecule has 2 heterocycles. The number of benzene rings is 2. The lowest BCUT2D eigenvalue weighted by Crippen LogP contribution is -2.48. The fraction of sp³-hybridized carbons (Fsp3) is 0.217. The van der Waals surface area contributed by atoms with Gasteiger partial charge in [0.05, 0.1) is 17.0 Å². The Bertz CT molecular complexity index is 1060. The fourth-order valence-electron chi connectivity index (χ4n) is 3.49. The van der Waals surface area contributed by atoms with E-state index in [1.54, 1.807) is 18.2 Å². The van der Waals surface area contributed by atoms with Crippen LogP contribution in [0.2, 0.25) is 5.02 Å². The van der Waals surface area contributed by atoms with E-state index in [-0.39, 0.29) is 11.8 Å². The zero-order chi connectivity index (χ0) is 21.8. The Kier molecular flexibility index (Phi) is 6.44. The average Bonchev–Trinajstić information content (AvgIpc) is 3.34. The predicted molar refractivity (Wildman–Crippen MR) is 125 cm³/mol. The van der Waals surface area contributed by atoms with Crippen LogP contribution in [0.5, 0.6) is 5.75 Å². The van der Waals surface area contributed by atoms with Crippen molar-refractivity contribution in [2.75, 3.05) is 43.5 Å². The van der Waals surface area contributed by atoms with Crippen molar-refractivity contribution in [3.8, 4) is 5.75 Å². The molecule has 0 unspecified atom stereocenters. The van der Waals surface area contributed by atoms with E-state index in [4.69, 9.17) is 16.3 Å². The SMILES string of the molecule is COc1ccc(C(=O)Nc2ccc(N3CCN(C(=O)c4cccs4)CC3)cc2)cc1Cl. The van der Waals surface area contributed by atoms with Gasteiger partial charge < -0.3 is 19.9 Å². The monoisotopic (exact) mass is 455 g/mol. The van der Waals surface area contributed by atoms with Crippen LogP contribution in [-0.4, -0.2) is 50.0 Å². The number of thiophene rings is 1. The molecule has 3 aromatic rings. The van der Waals surface area contributed by atoms with Gasteiger partial charge in [0.15, 0.2) is 0 Å². The number of hydrogen-bond donors (Lipinski definition) is 1. The Morgan fingerprint density at radius 3 is 2.39 bits per heavy atom. The van der Waals surface area contributed by atoms with Crippen LogP contribution in [0.1, 0.15) is 20.0 Å². The van der Waals surface area contributed by atoms with Gasteiger partial charge in [-0.15, -0.1) is 11.3 Å². The molecule has 1 saturated heterocycles. The summed E-state index contributed by atoms with van der Waals surface area (Å²) in [6.45, 7) is 2.92. The van der Waals surface area contributed by atoms with E-state index in [1.165, 1.54) is 18.4 Å². The summed E-state index contributed by atoms with van der Waals surface area (Å²) in [5, 5.41) is 5.20. The Morgan fingerprint density at radius 1 is 1.03 bits per heavy atom. The molecular formula is C23H22ClN3O3S. The molecule has 2 amide bonds. The minimum Gasteiger partial charge on any atom is -0.495 e. The number of piperazine rings is 1. The van der Waals surface area contributed by atoms with Crippen molar-refractivity contribution < 1.29 is 14.3 Å². The van der Waals surface area contributed by atoms with Crippen molar-refractivity contribution in [1.82, 2.24) is 4.90 Å². The minimum absolute atomic E-state index is 0.103. The molecule has 1 aliphatic rings. The third-order valence-electron chi connectivity index (χ3n) is 5.20. The molecule has 1 N–H and O–H groups in total. The maximum atomic E-state index is 12.5. The molecule has 1 aliphatic heterocycles. The molecule has 6 nitrogen and oxygen atoms in total. The molecule has 0 aliphatic carbocycles. The van der Waals surface area contributed by atoms with Crippen LogP contribution >= 0.6 is 22.9 Å². The highest BCUT2D eigenvalue weighted by Gasteiger charge is 2.22. The molecule has 8 heteroatoms. The lowest BCUT2D eigenvalue weighted by atomic mass is 10.2. The van der Waals surface area contributed by atoms with Crippen molar-refractivity contribution in [2.45, 2.75) is 0 Å². The van der Waals surface area contributed by atoms with E-state index >= 15 is 0 Å². The summed E-state index contributed by atoms with van der Waals surface area (Å²) >= 11 is 7.58. The summed E-state index contributed by atoms with van der Waals surface area (Å²) in [4.78, 5) is 29.9. The van der Waals surface area contributed by atoms with Gasteiger partial charge in [0.25, 0.3) is 11.8 Å². The first-order valence-corrected chi connectivity index (χ1v) is 11.1. The first kappa shape index (κ1) is 21.2. The second-order valence-corrected chi connectivity index (χ2v) is 8.46. The van der Waals surface area contributed by atoms with Gasteiger partial charge in [0, 0.05) is 43.1 Å². The van der Waals surface area contributed by atoms with Crippen LogP contribution in [0, 0.1) is 0 Å². The number of ether oxygens (including phenoxy) is 1. The normalized spacial score (nSPS) is 13.7. The van der Waals surface area contributed by atoms with Gasteiger partial charge in [-0.25, -0.2) is 0 Å². The number of anilines is 2. The molecule has 31 heavy (non-hydrogen) atoms. The van der Waals surface area contributed by atoms with Crippen molar-refractivity contribution in [1.29, 1.82) is 0 Å². The van der Waals surface area contributed by atoms with Gasteiger partial charge in [-0.05, 0) is 53.9 Å². The topological polar surface area (TPSA) is 61.9 Å². The zero-order valence-electron chi connectivity index (χ0n) is 17.0. The van der Waals surface area contributed by atoms with Crippen LogP contribution in [0.15, 0.2) is 60.0 Å². The third kappa shape index (κ3) is 4.84. The zero-order valence-corrected chi connectivity index (χ0v) is 18.6. The summed E-state index contributed by atoms with van der Waals surface area (Å²) in [7, 11) is 1.53. The van der Waals surface area contributed by atoms with E-state index in [0.29, 0.717) is 35.1 Å². The highest BCUT2D eigenvalue weighted by Crippen LogP contribution is 2.26. The van der Waals surface area contributed by atoms with Crippen molar-refractivity contribution in [3.63, 3.8) is 0 Å². The van der Waals surface area contributed by atoms with Crippen LogP contribution in [0.4, 0.5) is 11.4 Å². The fourth-order valence-corrected chi connectivity index (χ4v) is 4.44. The Morgan fingerprint density at radius 2 is 1.77 bits per heavy atom. The largest absolute Gasteiger partial charge is 0.495 e. The van der Waals surface area contributed by atoms with Crippen molar-refractivity contribution >= 4 is 46.1 Å². The molecule has 160 valence electrons. The minimum atomic E-state index is -0.238. The number of amides is 2. The van der Waals surface area contributed by atoms with Gasteiger partial charge in [-0.1, -0.05) is 17.7 Å². The molecule has 0 radical (unpaired) electrons. The number of carbonyl (C=O) groups is 2. The molecular weight excluding hydrogens is 434 g/mol. The van der Waals surface area contributed by atoms with Crippen LogP contribution in [0.3, 0.4) is 0 Å². The Labute approximate surface area is 190 Å². The quantitative estimate of drug-likeness (QED) is 0.609. The van der Waals surface area contributed by atoms with Gasteiger partial charge in [-0.2, -0.15) is 0 Å². The molecule has 4 rings (SSSR count). The van der Waals surface area contributed by atoms with Crippen LogP contribution in [0.25, 0.3) is 0 Å². The highest BCUT2D eigenvalue weighted by atomic mass is 35.5. The maximum absolute atomic E-state index is 12.5. The summed E-state index contributed by atoms with van der Waals surface area (Å²) in [6.07, 6.45) is 0. The lowest BCUT2D eigenvalue weighted by Gasteiger charge is -2.36. The first-order chi connectivity index (χ1) is 15.0. The number of hydrogen-bond acceptors (Lipinski definition) is 5. The molecule has 1 fully saturated rings. The average molecular weight is 456 g/mol. The first-order valence-electron chi connectivity index (χ1n) is 9.88. The second kappa shape index (κ2) is 9.41. The summed E-state index contributed by atoms with van der Waals surface area (Å²) in [6, 6.07) is 16.4. The third-order valence-corrected chi connectivity index (χ3v) is 6.36. The predicted octanol–water partition coefficient (Wildman–Crippen LogP) is 4.62. The number of nitrogens with zero attached hydrogens (tertiary/aromatic N) is 2. The van der Waals surface area contributed by atoms with Gasteiger partial charge >= 0.3 is 0 Å². The van der Waals surface area contributed by atoms with E-state index in [2.05, 4.69) is 10.2 Å². The van der Waals surface area contributed by atoms with Gasteiger partial charge in [0.1, 0.15) is 5.75 Å². The van der Waals surface area contributed by atoms with Crippen molar-refractivity contribution in [3.05, 3.63) is 75.4 Å². The van der Waals surface area contributed by atoms with E-state index < -0.39 is 0 Å². The number of nitrogens with one attached hydrogen (secondary N) is 1. The molecule has 2 aromatic carbocycles. The van der Waals surface area contributed by atoms with Gasteiger partial charge in [0.2, 0.25) is 0 Å². The number of methoxy groups -OCH3 is 1. The number of rotatable bonds is 5. The number of halogens is 1. The maximum Gasteiger partial charge on any atom is 0.264 e. The second-order valence-electron chi connectivity index (χ2n) is 7.11. The summed E-state index contributed by atoms with van der Waals surface area (Å²) in [5.41, 5.74) is 2.22. The molecule has 0 spiro atoms. The summed E-state index contributed by atoms with van der Waals surface area (Å²) < 4.78 is 5.12. The van der Waals surface area contributed by atoms with E-state index in [1.807, 2.05) is 46.7 Å². The standard InChI is InChI=1S/C23H22ClN3O3S/c1-30-20-9-4-16(15-19(20)24)22(28)25-17-5-7-18(8-6-17)26-10-12-27(13-11-26)23(29)21-3-2-14-31-21/h2-9,14-15H,10-13H2,1H3,(H,25,28). The number of carbonyl (C=O) groups excluding carboxylic acids is 2. The Balaban J connectivity index is 1.34.